The Bertz CT molecular complexity index is 1350. The summed E-state index contributed by atoms with van der Waals surface area (Å²) >= 11 is 0. The van der Waals surface area contributed by atoms with Crippen molar-refractivity contribution in [3.63, 3.8) is 0 Å². The molecule has 0 fully saturated rings. The minimum atomic E-state index is -0.605. The highest BCUT2D eigenvalue weighted by molar-refractivity contribution is 5.98. The molecule has 0 bridgehead atoms. The number of Topliss-reactive ketones (excluding diaryl/α,β-unsaturated/α-hetero) is 1. The molecule has 1 heterocycles. The highest BCUT2D eigenvalue weighted by atomic mass is 16.6. The van der Waals surface area contributed by atoms with Crippen molar-refractivity contribution < 1.29 is 19.1 Å². The molecule has 0 saturated carbocycles. The molecule has 3 aromatic carbocycles. The first-order valence-electron chi connectivity index (χ1n) is 11.7. The van der Waals surface area contributed by atoms with Gasteiger partial charge in [0.25, 0.3) is 0 Å². The molecule has 0 N–H and O–H groups in total. The van der Waals surface area contributed by atoms with Crippen molar-refractivity contribution in [1.29, 1.82) is 0 Å². The van der Waals surface area contributed by atoms with Gasteiger partial charge in [0.2, 0.25) is 0 Å². The molecule has 0 saturated heterocycles. The summed E-state index contributed by atoms with van der Waals surface area (Å²) in [6, 6.07) is 22.6. The lowest BCUT2D eigenvalue weighted by molar-refractivity contribution is -0.144. The molecular formula is C29H29N3O4. The van der Waals surface area contributed by atoms with Crippen LogP contribution in [-0.2, 0) is 14.9 Å². The fraction of sp³-hybridized carbons (Fsp3) is 0.241. The number of rotatable bonds is 8. The van der Waals surface area contributed by atoms with Crippen molar-refractivity contribution in [2.75, 3.05) is 13.2 Å². The predicted octanol–water partition coefficient (Wildman–Crippen LogP) is 5.35. The molecule has 36 heavy (non-hydrogen) atoms. The van der Waals surface area contributed by atoms with Crippen molar-refractivity contribution in [3.05, 3.63) is 95.7 Å². The number of benzene rings is 3. The first kappa shape index (κ1) is 24.9. The highest BCUT2D eigenvalue weighted by Gasteiger charge is 2.16. The largest absolute Gasteiger partial charge is 0.482 e. The molecule has 4 rings (SSSR count). The van der Waals surface area contributed by atoms with Gasteiger partial charge in [-0.1, -0.05) is 62.4 Å². The van der Waals surface area contributed by atoms with Crippen LogP contribution in [0.15, 0.2) is 79.0 Å². The Morgan fingerprint density at radius 1 is 0.917 bits per heavy atom. The first-order valence-corrected chi connectivity index (χ1v) is 11.7. The summed E-state index contributed by atoms with van der Waals surface area (Å²) in [4.78, 5) is 24.5. The van der Waals surface area contributed by atoms with Crippen LogP contribution in [0.5, 0.6) is 5.75 Å². The molecule has 184 valence electrons. The number of aryl methyl sites for hydroxylation is 1. The maximum atomic E-state index is 12.5. The second-order valence-corrected chi connectivity index (χ2v) is 9.59. The van der Waals surface area contributed by atoms with Crippen LogP contribution in [-0.4, -0.2) is 40.0 Å². The monoisotopic (exact) mass is 483 g/mol. The summed E-state index contributed by atoms with van der Waals surface area (Å²) in [7, 11) is 0. The number of hydrogen-bond acceptors (Lipinski definition) is 6. The lowest BCUT2D eigenvalue weighted by Crippen LogP contribution is -2.19. The molecule has 0 aliphatic carbocycles. The van der Waals surface area contributed by atoms with E-state index in [9.17, 15) is 9.59 Å². The van der Waals surface area contributed by atoms with Gasteiger partial charge >= 0.3 is 5.97 Å². The summed E-state index contributed by atoms with van der Waals surface area (Å²) in [5.74, 6) is -0.334. The molecule has 1 aromatic heterocycles. The minimum Gasteiger partial charge on any atom is -0.482 e. The van der Waals surface area contributed by atoms with Crippen LogP contribution in [0.4, 0.5) is 0 Å². The quantitative estimate of drug-likeness (QED) is 0.248. The van der Waals surface area contributed by atoms with Crippen LogP contribution in [0.1, 0.15) is 42.3 Å². The minimum absolute atomic E-state index is 0.0712. The van der Waals surface area contributed by atoms with Crippen LogP contribution in [0.2, 0.25) is 0 Å². The van der Waals surface area contributed by atoms with Gasteiger partial charge in [0.05, 0.1) is 17.6 Å². The summed E-state index contributed by atoms with van der Waals surface area (Å²) in [5, 5.41) is 8.29. The lowest BCUT2D eigenvalue weighted by atomic mass is 9.86. The number of aromatic nitrogens is 3. The fourth-order valence-corrected chi connectivity index (χ4v) is 3.67. The molecule has 0 aliphatic heterocycles. The molecule has 7 nitrogen and oxygen atoms in total. The average Bonchev–Trinajstić information content (AvgIpc) is 3.36. The van der Waals surface area contributed by atoms with E-state index >= 15 is 0 Å². The van der Waals surface area contributed by atoms with Crippen LogP contribution >= 0.6 is 0 Å². The first-order chi connectivity index (χ1) is 17.2. The van der Waals surface area contributed by atoms with Gasteiger partial charge in [-0.05, 0) is 59.9 Å². The van der Waals surface area contributed by atoms with Gasteiger partial charge in [0.1, 0.15) is 5.75 Å². The van der Waals surface area contributed by atoms with E-state index in [0.29, 0.717) is 11.3 Å². The van der Waals surface area contributed by atoms with Crippen LogP contribution in [0, 0.1) is 6.92 Å². The SMILES string of the molecule is Cc1cccc(OCC(=O)OCC(=O)c2ccc(-n3nncc3-c3ccc(C(C)(C)C)cc3)cc2)c1. The number of nitrogens with zero attached hydrogens (tertiary/aromatic N) is 3. The van der Waals surface area contributed by atoms with Gasteiger partial charge in [0, 0.05) is 11.1 Å². The van der Waals surface area contributed by atoms with E-state index in [4.69, 9.17) is 9.47 Å². The standard InChI is InChI=1S/C29H29N3O4/c1-20-6-5-7-25(16-20)35-19-28(34)36-18-27(33)22-10-14-24(15-11-22)32-26(17-30-31-32)21-8-12-23(13-9-21)29(2,3)4/h5-17H,18-19H2,1-4H3. The van der Waals surface area contributed by atoms with E-state index in [1.165, 1.54) is 5.56 Å². The van der Waals surface area contributed by atoms with Gasteiger partial charge in [-0.3, -0.25) is 4.79 Å². The molecule has 7 heteroatoms. The zero-order valence-corrected chi connectivity index (χ0v) is 20.9. The smallest absolute Gasteiger partial charge is 0.344 e. The number of carbonyl (C=O) groups excluding carboxylic acids is 2. The Kier molecular flexibility index (Phi) is 7.29. The van der Waals surface area contributed by atoms with Crippen molar-refractivity contribution in [1.82, 2.24) is 15.0 Å². The van der Waals surface area contributed by atoms with Crippen molar-refractivity contribution in [2.24, 2.45) is 0 Å². The Morgan fingerprint density at radius 2 is 1.64 bits per heavy atom. The van der Waals surface area contributed by atoms with Crippen molar-refractivity contribution in [2.45, 2.75) is 33.1 Å². The van der Waals surface area contributed by atoms with E-state index < -0.39 is 5.97 Å². The van der Waals surface area contributed by atoms with Crippen LogP contribution < -0.4 is 4.74 Å². The molecule has 4 aromatic rings. The third-order valence-electron chi connectivity index (χ3n) is 5.74. The third kappa shape index (κ3) is 6.05. The average molecular weight is 484 g/mol. The summed E-state index contributed by atoms with van der Waals surface area (Å²) < 4.78 is 12.2. The van der Waals surface area contributed by atoms with Gasteiger partial charge in [0.15, 0.2) is 19.0 Å². The fourth-order valence-electron chi connectivity index (χ4n) is 3.67. The predicted molar refractivity (Wildman–Crippen MR) is 137 cm³/mol. The molecular weight excluding hydrogens is 454 g/mol. The van der Waals surface area contributed by atoms with Crippen LogP contribution in [0.3, 0.4) is 0 Å². The molecule has 0 atom stereocenters. The Morgan fingerprint density at radius 3 is 2.31 bits per heavy atom. The van der Waals surface area contributed by atoms with Gasteiger partial charge in [-0.25, -0.2) is 9.48 Å². The third-order valence-corrected chi connectivity index (χ3v) is 5.74. The van der Waals surface area contributed by atoms with Crippen LogP contribution in [0.25, 0.3) is 16.9 Å². The van der Waals surface area contributed by atoms with E-state index in [0.717, 1.165) is 22.5 Å². The van der Waals surface area contributed by atoms with E-state index in [-0.39, 0.29) is 24.4 Å². The lowest BCUT2D eigenvalue weighted by Gasteiger charge is -2.19. The molecule has 0 amide bonds. The Hall–Kier alpha value is -4.26. The van der Waals surface area contributed by atoms with Gasteiger partial charge < -0.3 is 9.47 Å². The molecule has 0 spiro atoms. The molecule has 0 aliphatic rings. The maximum absolute atomic E-state index is 12.5. The zero-order valence-electron chi connectivity index (χ0n) is 20.9. The molecule has 0 unspecified atom stereocenters. The Labute approximate surface area is 210 Å². The topological polar surface area (TPSA) is 83.3 Å². The second-order valence-electron chi connectivity index (χ2n) is 9.59. The zero-order chi connectivity index (χ0) is 25.7. The van der Waals surface area contributed by atoms with E-state index in [1.807, 2.05) is 25.1 Å². The van der Waals surface area contributed by atoms with Gasteiger partial charge in [-0.15, -0.1) is 5.10 Å². The number of ketones is 1. The molecule has 0 radical (unpaired) electrons. The normalized spacial score (nSPS) is 11.2. The van der Waals surface area contributed by atoms with E-state index in [1.54, 1.807) is 41.2 Å². The van der Waals surface area contributed by atoms with Gasteiger partial charge in [-0.2, -0.15) is 0 Å². The Balaban J connectivity index is 1.36. The summed E-state index contributed by atoms with van der Waals surface area (Å²) in [6.45, 7) is 7.85. The number of esters is 1. The number of ether oxygens (including phenoxy) is 2. The summed E-state index contributed by atoms with van der Waals surface area (Å²) in [6.07, 6.45) is 1.71. The van der Waals surface area contributed by atoms with E-state index in [2.05, 4.69) is 55.3 Å². The van der Waals surface area contributed by atoms with Crippen molar-refractivity contribution >= 4 is 11.8 Å². The number of carbonyl (C=O) groups is 2. The second kappa shape index (κ2) is 10.6. The highest BCUT2D eigenvalue weighted by Crippen LogP contribution is 2.27. The summed E-state index contributed by atoms with van der Waals surface area (Å²) in [5.41, 5.74) is 5.38. The van der Waals surface area contributed by atoms with Crippen molar-refractivity contribution in [3.8, 4) is 22.7 Å². The maximum Gasteiger partial charge on any atom is 0.344 e. The number of hydrogen-bond donors (Lipinski definition) is 0.